The number of hydrogen-bond donors (Lipinski definition) is 2. The van der Waals surface area contributed by atoms with E-state index in [1.165, 1.54) is 7.11 Å². The van der Waals surface area contributed by atoms with Crippen LogP contribution in [0.25, 0.3) is 0 Å². The fraction of sp³-hybridized carbons (Fsp3) is 0.318. The Labute approximate surface area is 183 Å². The van der Waals surface area contributed by atoms with Gasteiger partial charge >= 0.3 is 6.18 Å². The highest BCUT2D eigenvalue weighted by molar-refractivity contribution is 5.98. The summed E-state index contributed by atoms with van der Waals surface area (Å²) < 4.78 is 43.1. The molecule has 0 aliphatic heterocycles. The van der Waals surface area contributed by atoms with E-state index in [0.29, 0.717) is 5.69 Å². The van der Waals surface area contributed by atoms with Crippen molar-refractivity contribution in [3.8, 4) is 0 Å². The van der Waals surface area contributed by atoms with Gasteiger partial charge in [0.05, 0.1) is 25.3 Å². The first-order valence-electron chi connectivity index (χ1n) is 9.69. The Morgan fingerprint density at radius 1 is 0.969 bits per heavy atom. The molecule has 172 valence electrons. The van der Waals surface area contributed by atoms with Gasteiger partial charge < -0.3 is 20.3 Å². The van der Waals surface area contributed by atoms with Gasteiger partial charge in [-0.2, -0.15) is 13.2 Å². The Hall–Kier alpha value is -3.40. The van der Waals surface area contributed by atoms with Gasteiger partial charge in [-0.3, -0.25) is 14.4 Å². The molecule has 0 bridgehead atoms. The molecule has 0 aromatic heterocycles. The molecule has 0 radical (unpaired) electrons. The Morgan fingerprint density at radius 3 is 2.16 bits per heavy atom. The number of carbonyl (C=O) groups is 3. The summed E-state index contributed by atoms with van der Waals surface area (Å²) >= 11 is 0. The van der Waals surface area contributed by atoms with E-state index in [1.54, 1.807) is 12.1 Å². The molecule has 0 unspecified atom stereocenters. The average Bonchev–Trinajstić information content (AvgIpc) is 2.76. The largest absolute Gasteiger partial charge is 0.416 e. The summed E-state index contributed by atoms with van der Waals surface area (Å²) in [5, 5.41) is 5.05. The summed E-state index contributed by atoms with van der Waals surface area (Å²) in [5.41, 5.74) is 0.730. The summed E-state index contributed by atoms with van der Waals surface area (Å²) in [6.07, 6.45) is -4.52. The number of aryl methyl sites for hydroxylation is 1. The van der Waals surface area contributed by atoms with Crippen molar-refractivity contribution in [1.29, 1.82) is 0 Å². The van der Waals surface area contributed by atoms with Gasteiger partial charge in [-0.05, 0) is 43.3 Å². The minimum absolute atomic E-state index is 0.000910. The summed E-state index contributed by atoms with van der Waals surface area (Å²) in [4.78, 5) is 38.1. The van der Waals surface area contributed by atoms with Crippen LogP contribution in [0, 0.1) is 6.92 Å². The highest BCUT2D eigenvalue weighted by Crippen LogP contribution is 2.29. The second-order valence-corrected chi connectivity index (χ2v) is 6.99. The van der Waals surface area contributed by atoms with Crippen molar-refractivity contribution in [2.75, 3.05) is 38.7 Å². The maximum absolute atomic E-state index is 12.7. The number of nitrogens with one attached hydrogen (secondary N) is 2. The first-order valence-corrected chi connectivity index (χ1v) is 9.69. The van der Waals surface area contributed by atoms with E-state index in [-0.39, 0.29) is 31.8 Å². The normalized spacial score (nSPS) is 11.0. The maximum atomic E-state index is 12.7. The summed E-state index contributed by atoms with van der Waals surface area (Å²) in [5.74, 6) is -1.67. The molecule has 0 fully saturated rings. The molecule has 0 saturated heterocycles. The van der Waals surface area contributed by atoms with Crippen LogP contribution in [0.1, 0.15) is 21.5 Å². The number of alkyl halides is 3. The standard InChI is InChI=1S/C22H24F3N3O4/c1-15-3-9-18(10-4-15)27-19(29)13-26-20(30)14-28(11-12-32-2)21(31)16-5-7-17(8-6-16)22(23,24)25/h3-10H,11-14H2,1-2H3,(H,26,30)(H,27,29). The van der Waals surface area contributed by atoms with Crippen molar-refractivity contribution in [3.05, 3.63) is 65.2 Å². The smallest absolute Gasteiger partial charge is 0.383 e. The zero-order chi connectivity index (χ0) is 23.7. The Kier molecular flexibility index (Phi) is 8.77. The first-order chi connectivity index (χ1) is 15.1. The molecule has 0 aliphatic rings. The summed E-state index contributed by atoms with van der Waals surface area (Å²) in [6.45, 7) is 1.38. The van der Waals surface area contributed by atoms with Crippen molar-refractivity contribution in [2.24, 2.45) is 0 Å². The van der Waals surface area contributed by atoms with Gasteiger partial charge in [0.15, 0.2) is 0 Å². The number of halogens is 3. The van der Waals surface area contributed by atoms with Gasteiger partial charge in [0.2, 0.25) is 11.8 Å². The Bertz CT molecular complexity index is 929. The van der Waals surface area contributed by atoms with Crippen LogP contribution < -0.4 is 10.6 Å². The number of amides is 3. The van der Waals surface area contributed by atoms with Crippen LogP contribution in [0.4, 0.5) is 18.9 Å². The molecule has 2 N–H and O–H groups in total. The predicted molar refractivity (Wildman–Crippen MR) is 112 cm³/mol. The van der Waals surface area contributed by atoms with Crippen molar-refractivity contribution in [1.82, 2.24) is 10.2 Å². The highest BCUT2D eigenvalue weighted by atomic mass is 19.4. The molecule has 10 heteroatoms. The molecular weight excluding hydrogens is 427 g/mol. The van der Waals surface area contributed by atoms with E-state index in [1.807, 2.05) is 19.1 Å². The van der Waals surface area contributed by atoms with Gasteiger partial charge in [-0.25, -0.2) is 0 Å². The average molecular weight is 451 g/mol. The molecule has 2 rings (SSSR count). The van der Waals surface area contributed by atoms with Crippen molar-refractivity contribution in [2.45, 2.75) is 13.1 Å². The van der Waals surface area contributed by atoms with E-state index < -0.39 is 29.5 Å². The van der Waals surface area contributed by atoms with Gasteiger partial charge in [0.25, 0.3) is 5.91 Å². The molecule has 0 saturated carbocycles. The second kappa shape index (κ2) is 11.3. The maximum Gasteiger partial charge on any atom is 0.416 e. The molecule has 2 aromatic carbocycles. The molecule has 0 spiro atoms. The third-order valence-corrected chi connectivity index (χ3v) is 4.43. The third kappa shape index (κ3) is 7.69. The van der Waals surface area contributed by atoms with Crippen LogP contribution in [0.5, 0.6) is 0 Å². The van der Waals surface area contributed by atoms with Crippen molar-refractivity contribution in [3.63, 3.8) is 0 Å². The topological polar surface area (TPSA) is 87.7 Å². The van der Waals surface area contributed by atoms with Gasteiger partial charge in [-0.15, -0.1) is 0 Å². The van der Waals surface area contributed by atoms with E-state index in [4.69, 9.17) is 4.74 Å². The van der Waals surface area contributed by atoms with E-state index in [0.717, 1.165) is 34.7 Å². The summed E-state index contributed by atoms with van der Waals surface area (Å²) in [7, 11) is 1.41. The number of methoxy groups -OCH3 is 1. The first kappa shape index (κ1) is 24.9. The lowest BCUT2D eigenvalue weighted by molar-refractivity contribution is -0.137. The SMILES string of the molecule is COCCN(CC(=O)NCC(=O)Nc1ccc(C)cc1)C(=O)c1ccc(C(F)(F)F)cc1. The summed E-state index contributed by atoms with van der Waals surface area (Å²) in [6, 6.07) is 10.8. The molecule has 3 amide bonds. The van der Waals surface area contributed by atoms with Crippen LogP contribution in [-0.4, -0.2) is 56.0 Å². The quantitative estimate of drug-likeness (QED) is 0.614. The van der Waals surface area contributed by atoms with Crippen LogP contribution in [0.2, 0.25) is 0 Å². The van der Waals surface area contributed by atoms with E-state index >= 15 is 0 Å². The second-order valence-electron chi connectivity index (χ2n) is 6.99. The lowest BCUT2D eigenvalue weighted by atomic mass is 10.1. The van der Waals surface area contributed by atoms with Crippen molar-refractivity contribution >= 4 is 23.4 Å². The third-order valence-electron chi connectivity index (χ3n) is 4.43. The number of benzene rings is 2. The molecular formula is C22H24F3N3O4. The monoisotopic (exact) mass is 451 g/mol. The van der Waals surface area contributed by atoms with Gasteiger partial charge in [-0.1, -0.05) is 17.7 Å². The Morgan fingerprint density at radius 2 is 1.59 bits per heavy atom. The van der Waals surface area contributed by atoms with Crippen molar-refractivity contribution < 1.29 is 32.3 Å². The lowest BCUT2D eigenvalue weighted by Gasteiger charge is -2.22. The zero-order valence-corrected chi connectivity index (χ0v) is 17.7. The van der Waals surface area contributed by atoms with Crippen LogP contribution >= 0.6 is 0 Å². The van der Waals surface area contributed by atoms with Crippen LogP contribution in [-0.2, 0) is 20.5 Å². The molecule has 0 heterocycles. The number of rotatable bonds is 9. The minimum Gasteiger partial charge on any atom is -0.383 e. The lowest BCUT2D eigenvalue weighted by Crippen LogP contribution is -2.44. The fourth-order valence-corrected chi connectivity index (χ4v) is 2.69. The highest BCUT2D eigenvalue weighted by Gasteiger charge is 2.30. The van der Waals surface area contributed by atoms with Crippen LogP contribution in [0.15, 0.2) is 48.5 Å². The molecule has 7 nitrogen and oxygen atoms in total. The number of carbonyl (C=O) groups excluding carboxylic acids is 3. The number of anilines is 1. The fourth-order valence-electron chi connectivity index (χ4n) is 2.69. The zero-order valence-electron chi connectivity index (χ0n) is 17.7. The minimum atomic E-state index is -4.52. The molecule has 0 atom stereocenters. The van der Waals surface area contributed by atoms with Gasteiger partial charge in [0, 0.05) is 24.9 Å². The number of ether oxygens (including phenoxy) is 1. The van der Waals surface area contributed by atoms with E-state index in [9.17, 15) is 27.6 Å². The molecule has 32 heavy (non-hydrogen) atoms. The Balaban J connectivity index is 1.95. The van der Waals surface area contributed by atoms with E-state index in [2.05, 4.69) is 10.6 Å². The van der Waals surface area contributed by atoms with Gasteiger partial charge in [0.1, 0.15) is 0 Å². The number of nitrogens with zero attached hydrogens (tertiary/aromatic N) is 1. The number of hydrogen-bond acceptors (Lipinski definition) is 4. The van der Waals surface area contributed by atoms with Crippen LogP contribution in [0.3, 0.4) is 0 Å². The predicted octanol–water partition coefficient (Wildman–Crippen LogP) is 2.86. The molecule has 0 aliphatic carbocycles. The molecule has 2 aromatic rings.